The summed E-state index contributed by atoms with van der Waals surface area (Å²) in [4.78, 5) is 11.4. The monoisotopic (exact) mass is 256 g/mol. The van der Waals surface area contributed by atoms with Gasteiger partial charge in [0.15, 0.2) is 0 Å². The molecule has 0 radical (unpaired) electrons. The van der Waals surface area contributed by atoms with Crippen molar-refractivity contribution < 1.29 is 14.3 Å². The van der Waals surface area contributed by atoms with Crippen LogP contribution in [0.2, 0.25) is 0 Å². The summed E-state index contributed by atoms with van der Waals surface area (Å²) in [6.45, 7) is 2.29. The fourth-order valence-electron chi connectivity index (χ4n) is 1.63. The van der Waals surface area contributed by atoms with Crippen molar-refractivity contribution in [3.8, 4) is 5.75 Å². The Morgan fingerprint density at radius 3 is 2.37 bits per heavy atom. The van der Waals surface area contributed by atoms with E-state index < -0.39 is 6.16 Å². The van der Waals surface area contributed by atoms with Crippen LogP contribution >= 0.6 is 0 Å². The van der Waals surface area contributed by atoms with Crippen LogP contribution in [0.3, 0.4) is 0 Å². The zero-order chi connectivity index (χ0) is 13.5. The number of carbonyl (C=O) groups excluding carboxylic acids is 1. The summed E-state index contributed by atoms with van der Waals surface area (Å²) in [5.74, 6) is 0.496. The topological polar surface area (TPSA) is 35.5 Å². The summed E-state index contributed by atoms with van der Waals surface area (Å²) in [6.07, 6.45) is 0.0175. The minimum Gasteiger partial charge on any atom is -0.434 e. The van der Waals surface area contributed by atoms with Crippen LogP contribution in [0.25, 0.3) is 0 Å². The molecule has 3 nitrogen and oxygen atoms in total. The molecule has 0 N–H and O–H groups in total. The molecule has 98 valence electrons. The van der Waals surface area contributed by atoms with Crippen molar-refractivity contribution in [3.05, 3.63) is 65.7 Å². The van der Waals surface area contributed by atoms with Gasteiger partial charge in [0.05, 0.1) is 6.61 Å². The summed E-state index contributed by atoms with van der Waals surface area (Å²) in [5.41, 5.74) is 2.25. The van der Waals surface area contributed by atoms with Gasteiger partial charge in [-0.25, -0.2) is 4.79 Å². The molecular weight excluding hydrogens is 240 g/mol. The Morgan fingerprint density at radius 1 is 1.00 bits per heavy atom. The van der Waals surface area contributed by atoms with Crippen LogP contribution in [0, 0.1) is 6.92 Å². The van der Waals surface area contributed by atoms with Crippen LogP contribution in [0.1, 0.15) is 11.1 Å². The van der Waals surface area contributed by atoms with Crippen molar-refractivity contribution in [1.29, 1.82) is 0 Å². The van der Waals surface area contributed by atoms with Crippen molar-refractivity contribution in [3.63, 3.8) is 0 Å². The van der Waals surface area contributed by atoms with E-state index in [9.17, 15) is 4.79 Å². The normalized spacial score (nSPS) is 9.95. The van der Waals surface area contributed by atoms with E-state index >= 15 is 0 Å². The van der Waals surface area contributed by atoms with Gasteiger partial charge < -0.3 is 9.47 Å². The zero-order valence-corrected chi connectivity index (χ0v) is 10.8. The molecule has 0 amide bonds. The van der Waals surface area contributed by atoms with Crippen molar-refractivity contribution in [2.24, 2.45) is 0 Å². The molecule has 0 atom stereocenters. The largest absolute Gasteiger partial charge is 0.513 e. The maximum absolute atomic E-state index is 11.4. The molecule has 0 heterocycles. The Hall–Kier alpha value is -2.29. The highest BCUT2D eigenvalue weighted by atomic mass is 16.7. The van der Waals surface area contributed by atoms with Gasteiger partial charge in [-0.15, -0.1) is 0 Å². The summed E-state index contributed by atoms with van der Waals surface area (Å²) >= 11 is 0. The summed E-state index contributed by atoms with van der Waals surface area (Å²) in [7, 11) is 0. The first-order chi connectivity index (χ1) is 9.24. The lowest BCUT2D eigenvalue weighted by molar-refractivity contribution is 0.100. The second-order valence-electron chi connectivity index (χ2n) is 4.25. The molecule has 3 heteroatoms. The number of ether oxygens (including phenoxy) is 2. The van der Waals surface area contributed by atoms with Crippen LogP contribution in [0.4, 0.5) is 4.79 Å². The number of hydrogen-bond acceptors (Lipinski definition) is 3. The predicted molar refractivity (Wildman–Crippen MR) is 73.3 cm³/mol. The quantitative estimate of drug-likeness (QED) is 0.617. The van der Waals surface area contributed by atoms with Crippen molar-refractivity contribution >= 4 is 6.16 Å². The lowest BCUT2D eigenvalue weighted by atomic mass is 10.2. The molecule has 2 aromatic rings. The SMILES string of the molecule is Cc1ccc(OC(=O)OCCc2ccccc2)cc1. The number of aryl methyl sites for hydroxylation is 1. The van der Waals surface area contributed by atoms with Crippen LogP contribution in [0.5, 0.6) is 5.75 Å². The zero-order valence-electron chi connectivity index (χ0n) is 10.8. The van der Waals surface area contributed by atoms with E-state index in [2.05, 4.69) is 0 Å². The maximum atomic E-state index is 11.4. The van der Waals surface area contributed by atoms with E-state index in [0.29, 0.717) is 18.8 Å². The van der Waals surface area contributed by atoms with Gasteiger partial charge in [-0.1, -0.05) is 48.0 Å². The van der Waals surface area contributed by atoms with E-state index in [4.69, 9.17) is 9.47 Å². The van der Waals surface area contributed by atoms with Gasteiger partial charge in [0.2, 0.25) is 0 Å². The predicted octanol–water partition coefficient (Wildman–Crippen LogP) is 3.75. The van der Waals surface area contributed by atoms with E-state index in [-0.39, 0.29) is 0 Å². The molecule has 2 rings (SSSR count). The van der Waals surface area contributed by atoms with Crippen LogP contribution in [-0.4, -0.2) is 12.8 Å². The molecule has 19 heavy (non-hydrogen) atoms. The molecule has 0 aromatic heterocycles. The summed E-state index contributed by atoms with van der Waals surface area (Å²) in [6, 6.07) is 17.1. The molecule has 0 aliphatic heterocycles. The average Bonchev–Trinajstić information content (AvgIpc) is 2.43. The first kappa shape index (κ1) is 13.1. The Bertz CT molecular complexity index is 517. The molecule has 0 bridgehead atoms. The molecule has 0 aliphatic carbocycles. The van der Waals surface area contributed by atoms with Crippen LogP contribution < -0.4 is 4.74 Å². The Morgan fingerprint density at radius 2 is 1.68 bits per heavy atom. The standard InChI is InChI=1S/C16H16O3/c1-13-7-9-15(10-8-13)19-16(17)18-12-11-14-5-3-2-4-6-14/h2-10H,11-12H2,1H3. The summed E-state index contributed by atoms with van der Waals surface area (Å²) < 4.78 is 10.1. The second-order valence-corrected chi connectivity index (χ2v) is 4.25. The van der Waals surface area contributed by atoms with Crippen LogP contribution in [-0.2, 0) is 11.2 Å². The van der Waals surface area contributed by atoms with Gasteiger partial charge in [0.25, 0.3) is 0 Å². The second kappa shape index (κ2) is 6.59. The van der Waals surface area contributed by atoms with Gasteiger partial charge in [0, 0.05) is 6.42 Å². The van der Waals surface area contributed by atoms with Gasteiger partial charge in [-0.2, -0.15) is 0 Å². The fourth-order valence-corrected chi connectivity index (χ4v) is 1.63. The van der Waals surface area contributed by atoms with E-state index in [0.717, 1.165) is 11.1 Å². The average molecular weight is 256 g/mol. The Balaban J connectivity index is 1.74. The van der Waals surface area contributed by atoms with Crippen molar-refractivity contribution in [2.45, 2.75) is 13.3 Å². The van der Waals surface area contributed by atoms with E-state index in [1.165, 1.54) is 0 Å². The minimum atomic E-state index is -0.667. The smallest absolute Gasteiger partial charge is 0.434 e. The number of rotatable bonds is 4. The first-order valence-corrected chi connectivity index (χ1v) is 6.19. The molecule has 0 fully saturated rings. The van der Waals surface area contributed by atoms with E-state index in [1.807, 2.05) is 49.4 Å². The maximum Gasteiger partial charge on any atom is 0.513 e. The van der Waals surface area contributed by atoms with Crippen molar-refractivity contribution in [1.82, 2.24) is 0 Å². The Labute approximate surface area is 112 Å². The number of hydrogen-bond donors (Lipinski definition) is 0. The molecule has 0 aliphatic rings. The minimum absolute atomic E-state index is 0.314. The number of carbonyl (C=O) groups is 1. The highest BCUT2D eigenvalue weighted by Crippen LogP contribution is 2.12. The van der Waals surface area contributed by atoms with E-state index in [1.54, 1.807) is 12.1 Å². The summed E-state index contributed by atoms with van der Waals surface area (Å²) in [5, 5.41) is 0. The number of benzene rings is 2. The van der Waals surface area contributed by atoms with Gasteiger partial charge in [0.1, 0.15) is 5.75 Å². The first-order valence-electron chi connectivity index (χ1n) is 6.19. The molecule has 0 spiro atoms. The highest BCUT2D eigenvalue weighted by Gasteiger charge is 2.05. The molecule has 0 unspecified atom stereocenters. The van der Waals surface area contributed by atoms with Gasteiger partial charge in [-0.05, 0) is 24.6 Å². The third-order valence-corrected chi connectivity index (χ3v) is 2.68. The molecule has 0 saturated heterocycles. The fraction of sp³-hybridized carbons (Fsp3) is 0.188. The third kappa shape index (κ3) is 4.47. The molecular formula is C16H16O3. The van der Waals surface area contributed by atoms with Crippen LogP contribution in [0.15, 0.2) is 54.6 Å². The lowest BCUT2D eigenvalue weighted by Gasteiger charge is -2.06. The van der Waals surface area contributed by atoms with Gasteiger partial charge in [-0.3, -0.25) is 0 Å². The van der Waals surface area contributed by atoms with Gasteiger partial charge >= 0.3 is 6.16 Å². The molecule has 2 aromatic carbocycles. The Kier molecular flexibility index (Phi) is 4.56. The highest BCUT2D eigenvalue weighted by molar-refractivity contribution is 5.63. The molecule has 0 saturated carbocycles. The van der Waals surface area contributed by atoms with Crippen molar-refractivity contribution in [2.75, 3.05) is 6.61 Å². The lowest BCUT2D eigenvalue weighted by Crippen LogP contribution is -2.12. The third-order valence-electron chi connectivity index (χ3n) is 2.68.